The van der Waals surface area contributed by atoms with Crippen LogP contribution in [0.1, 0.15) is 13.8 Å². The summed E-state index contributed by atoms with van der Waals surface area (Å²) >= 11 is 1.02. The number of thiophene rings is 1. The summed E-state index contributed by atoms with van der Waals surface area (Å²) in [7, 11) is -3.87. The second-order valence-electron chi connectivity index (χ2n) is 5.94. The quantitative estimate of drug-likeness (QED) is 0.646. The molecular formula is C17H19FN2O5S2. The van der Waals surface area contributed by atoms with Crippen molar-refractivity contribution in [2.45, 2.75) is 24.1 Å². The van der Waals surface area contributed by atoms with Gasteiger partial charge in [0.25, 0.3) is 15.9 Å². The van der Waals surface area contributed by atoms with Crippen LogP contribution in [-0.2, 0) is 24.3 Å². The van der Waals surface area contributed by atoms with E-state index in [9.17, 15) is 22.4 Å². The smallest absolute Gasteiger partial charge is 0.324 e. The SMILES string of the molecule is CC(C)[C@@H](NS(=O)(=O)c1cccs1)C(=O)OCC(=O)Nc1ccc(F)cc1. The lowest BCUT2D eigenvalue weighted by atomic mass is 10.1. The number of ether oxygens (including phenoxy) is 1. The number of esters is 1. The molecular weight excluding hydrogens is 395 g/mol. The second-order valence-corrected chi connectivity index (χ2v) is 8.83. The average molecular weight is 414 g/mol. The summed E-state index contributed by atoms with van der Waals surface area (Å²) in [6, 6.07) is 6.94. The number of nitrogens with one attached hydrogen (secondary N) is 2. The number of carbonyl (C=O) groups excluding carboxylic acids is 2. The molecule has 27 heavy (non-hydrogen) atoms. The third-order valence-corrected chi connectivity index (χ3v) is 6.27. The second kappa shape index (κ2) is 9.07. The van der Waals surface area contributed by atoms with Gasteiger partial charge >= 0.3 is 5.97 Å². The van der Waals surface area contributed by atoms with E-state index in [4.69, 9.17) is 4.74 Å². The molecule has 1 aromatic carbocycles. The van der Waals surface area contributed by atoms with E-state index in [-0.39, 0.29) is 4.21 Å². The van der Waals surface area contributed by atoms with Gasteiger partial charge in [0.2, 0.25) is 0 Å². The summed E-state index contributed by atoms with van der Waals surface area (Å²) in [6.07, 6.45) is 0. The Morgan fingerprint density at radius 2 is 1.85 bits per heavy atom. The minimum absolute atomic E-state index is 0.0787. The molecule has 2 N–H and O–H groups in total. The maximum atomic E-state index is 12.8. The fourth-order valence-corrected chi connectivity index (χ4v) is 4.40. The molecule has 1 aromatic heterocycles. The zero-order valence-electron chi connectivity index (χ0n) is 14.6. The molecule has 0 fully saturated rings. The first-order chi connectivity index (χ1) is 12.7. The van der Waals surface area contributed by atoms with E-state index in [1.54, 1.807) is 25.3 Å². The zero-order valence-corrected chi connectivity index (χ0v) is 16.3. The molecule has 1 atom stereocenters. The summed E-state index contributed by atoms with van der Waals surface area (Å²) < 4.78 is 44.8. The van der Waals surface area contributed by atoms with Crippen LogP contribution >= 0.6 is 11.3 Å². The Bertz CT molecular complexity index is 881. The van der Waals surface area contributed by atoms with E-state index in [0.29, 0.717) is 5.69 Å². The number of anilines is 1. The summed E-state index contributed by atoms with van der Waals surface area (Å²) in [4.78, 5) is 24.1. The van der Waals surface area contributed by atoms with Crippen molar-refractivity contribution in [2.75, 3.05) is 11.9 Å². The number of sulfonamides is 1. The Morgan fingerprint density at radius 3 is 2.41 bits per heavy atom. The number of halogens is 1. The number of carbonyl (C=O) groups is 2. The summed E-state index contributed by atoms with van der Waals surface area (Å²) in [6.45, 7) is 2.71. The van der Waals surface area contributed by atoms with Crippen molar-refractivity contribution in [3.05, 3.63) is 47.6 Å². The molecule has 1 heterocycles. The molecule has 10 heteroatoms. The van der Waals surface area contributed by atoms with Crippen LogP contribution in [0.5, 0.6) is 0 Å². The van der Waals surface area contributed by atoms with Crippen LogP contribution in [0, 0.1) is 11.7 Å². The minimum Gasteiger partial charge on any atom is -0.454 e. The van der Waals surface area contributed by atoms with Gasteiger partial charge in [-0.15, -0.1) is 11.3 Å². The molecule has 2 rings (SSSR count). The van der Waals surface area contributed by atoms with Crippen molar-refractivity contribution in [1.29, 1.82) is 0 Å². The minimum atomic E-state index is -3.87. The molecule has 0 bridgehead atoms. The fourth-order valence-electron chi connectivity index (χ4n) is 2.05. The number of hydrogen-bond donors (Lipinski definition) is 2. The van der Waals surface area contributed by atoms with Gasteiger partial charge in [-0.05, 0) is 41.6 Å². The maximum Gasteiger partial charge on any atom is 0.324 e. The van der Waals surface area contributed by atoms with E-state index < -0.39 is 46.3 Å². The largest absolute Gasteiger partial charge is 0.454 e. The van der Waals surface area contributed by atoms with Gasteiger partial charge in [0.1, 0.15) is 16.1 Å². The molecule has 0 radical (unpaired) electrons. The predicted molar refractivity (Wildman–Crippen MR) is 99.3 cm³/mol. The number of rotatable bonds is 8. The molecule has 0 saturated heterocycles. The average Bonchev–Trinajstić information content (AvgIpc) is 3.15. The van der Waals surface area contributed by atoms with Crippen LogP contribution in [0.3, 0.4) is 0 Å². The van der Waals surface area contributed by atoms with E-state index >= 15 is 0 Å². The van der Waals surface area contributed by atoms with Crippen molar-refractivity contribution >= 4 is 38.9 Å². The highest BCUT2D eigenvalue weighted by Crippen LogP contribution is 2.17. The first-order valence-corrected chi connectivity index (χ1v) is 10.3. The Labute approximate surface area is 160 Å². The highest BCUT2D eigenvalue weighted by Gasteiger charge is 2.30. The first-order valence-electron chi connectivity index (χ1n) is 7.97. The van der Waals surface area contributed by atoms with Gasteiger partial charge in [0, 0.05) is 5.69 Å². The van der Waals surface area contributed by atoms with Crippen LogP contribution in [0.25, 0.3) is 0 Å². The van der Waals surface area contributed by atoms with Crippen molar-refractivity contribution in [2.24, 2.45) is 5.92 Å². The van der Waals surface area contributed by atoms with Crippen molar-refractivity contribution in [3.8, 4) is 0 Å². The number of hydrogen-bond acceptors (Lipinski definition) is 6. The summed E-state index contributed by atoms with van der Waals surface area (Å²) in [5.74, 6) is -2.33. The topological polar surface area (TPSA) is 102 Å². The molecule has 0 aliphatic carbocycles. The molecule has 1 amide bonds. The summed E-state index contributed by atoms with van der Waals surface area (Å²) in [5.41, 5.74) is 0.344. The molecule has 0 aliphatic heterocycles. The van der Waals surface area contributed by atoms with Gasteiger partial charge in [-0.1, -0.05) is 19.9 Å². The van der Waals surface area contributed by atoms with Crippen molar-refractivity contribution < 1.29 is 27.1 Å². The normalized spacial score (nSPS) is 12.6. The van der Waals surface area contributed by atoms with E-state index in [0.717, 1.165) is 11.3 Å². The van der Waals surface area contributed by atoms with Gasteiger partial charge in [0.05, 0.1) is 0 Å². The highest BCUT2D eigenvalue weighted by atomic mass is 32.2. The first kappa shape index (κ1) is 21.0. The molecule has 7 nitrogen and oxygen atoms in total. The fraction of sp³-hybridized carbons (Fsp3) is 0.294. The maximum absolute atomic E-state index is 12.8. The Morgan fingerprint density at radius 1 is 1.19 bits per heavy atom. The van der Waals surface area contributed by atoms with E-state index in [1.165, 1.54) is 30.3 Å². The van der Waals surface area contributed by atoms with Crippen molar-refractivity contribution in [1.82, 2.24) is 4.72 Å². The van der Waals surface area contributed by atoms with Crippen LogP contribution in [0.4, 0.5) is 10.1 Å². The lowest BCUT2D eigenvalue weighted by Crippen LogP contribution is -2.45. The van der Waals surface area contributed by atoms with Gasteiger partial charge in [-0.25, -0.2) is 12.8 Å². The standard InChI is InChI=1S/C17H19FN2O5S2/c1-11(2)16(20-27(23,24)15-4-3-9-26-15)17(22)25-10-14(21)19-13-7-5-12(18)6-8-13/h3-9,11,16,20H,10H2,1-2H3,(H,19,21)/t16-/m1/s1. The highest BCUT2D eigenvalue weighted by molar-refractivity contribution is 7.91. The predicted octanol–water partition coefficient (Wildman–Crippen LogP) is 2.37. The van der Waals surface area contributed by atoms with Crippen LogP contribution in [-0.4, -0.2) is 32.9 Å². The lowest BCUT2D eigenvalue weighted by molar-refractivity contribution is -0.150. The lowest BCUT2D eigenvalue weighted by Gasteiger charge is -2.20. The molecule has 0 saturated carbocycles. The van der Waals surface area contributed by atoms with Gasteiger partial charge in [-0.2, -0.15) is 4.72 Å². The third-order valence-electron chi connectivity index (χ3n) is 3.44. The molecule has 0 unspecified atom stereocenters. The van der Waals surface area contributed by atoms with Gasteiger partial charge in [-0.3, -0.25) is 9.59 Å². The Kier molecular flexibility index (Phi) is 7.05. The monoisotopic (exact) mass is 414 g/mol. The van der Waals surface area contributed by atoms with E-state index in [1.807, 2.05) is 0 Å². The van der Waals surface area contributed by atoms with E-state index in [2.05, 4.69) is 10.0 Å². The third kappa shape index (κ3) is 6.12. The molecule has 0 aliphatic rings. The Hall–Kier alpha value is -2.30. The van der Waals surface area contributed by atoms with Gasteiger partial charge in [0.15, 0.2) is 6.61 Å². The van der Waals surface area contributed by atoms with Crippen molar-refractivity contribution in [3.63, 3.8) is 0 Å². The zero-order chi connectivity index (χ0) is 20.0. The molecule has 2 aromatic rings. The van der Waals surface area contributed by atoms with Crippen LogP contribution < -0.4 is 10.0 Å². The van der Waals surface area contributed by atoms with Crippen LogP contribution in [0.15, 0.2) is 46.0 Å². The Balaban J connectivity index is 1.94. The number of amides is 1. The number of benzene rings is 1. The molecule has 0 spiro atoms. The summed E-state index contributed by atoms with van der Waals surface area (Å²) in [5, 5.41) is 4.05. The van der Waals surface area contributed by atoms with Gasteiger partial charge < -0.3 is 10.1 Å². The molecule has 146 valence electrons. The van der Waals surface area contributed by atoms with Crippen LogP contribution in [0.2, 0.25) is 0 Å².